The van der Waals surface area contributed by atoms with E-state index in [1.165, 1.54) is 23.3 Å². The first-order chi connectivity index (χ1) is 14.8. The maximum Gasteiger partial charge on any atom is 0.156 e. The quantitative estimate of drug-likeness (QED) is 0.597. The van der Waals surface area contributed by atoms with Gasteiger partial charge in [-0.15, -0.1) is 5.92 Å². The number of aliphatic hydroxyl groups is 1. The molecule has 0 aliphatic heterocycles. The van der Waals surface area contributed by atoms with E-state index < -0.39 is 22.7 Å². The standard InChI is InChI=1S/C27H28F2O2/c1-3-9-27(31)10-8-24-22-6-4-16-13-20(30)5-7-21(16)25(22)23(15-26(24,27)2)17-11-18(28)14-19(29)12-17/h11-14,22-24,31H,4-8,10,15H2,1-2H3/t22-,23+,24-,26-,27-/m0/s1. The smallest absolute Gasteiger partial charge is 0.156 e. The third kappa shape index (κ3) is 3.04. The van der Waals surface area contributed by atoms with E-state index in [0.717, 1.165) is 30.9 Å². The molecule has 4 aliphatic carbocycles. The van der Waals surface area contributed by atoms with Crippen molar-refractivity contribution in [2.75, 3.05) is 0 Å². The maximum atomic E-state index is 14.2. The topological polar surface area (TPSA) is 37.3 Å². The Kier molecular flexibility index (Phi) is 4.75. The number of hydrogen-bond donors (Lipinski definition) is 1. The molecule has 5 rings (SSSR count). The second-order valence-corrected chi connectivity index (χ2v) is 9.97. The Morgan fingerprint density at radius 3 is 2.55 bits per heavy atom. The highest BCUT2D eigenvalue weighted by atomic mass is 19.1. The third-order valence-electron chi connectivity index (χ3n) is 8.51. The molecule has 0 amide bonds. The van der Waals surface area contributed by atoms with E-state index in [1.807, 2.05) is 0 Å². The van der Waals surface area contributed by atoms with Gasteiger partial charge in [-0.2, -0.15) is 0 Å². The Labute approximate surface area is 182 Å². The summed E-state index contributed by atoms with van der Waals surface area (Å²) in [7, 11) is 0. The van der Waals surface area contributed by atoms with Gasteiger partial charge in [0.15, 0.2) is 5.78 Å². The molecule has 2 saturated carbocycles. The molecule has 0 heterocycles. The van der Waals surface area contributed by atoms with E-state index in [-0.39, 0.29) is 23.5 Å². The van der Waals surface area contributed by atoms with Gasteiger partial charge in [0, 0.05) is 23.8 Å². The summed E-state index contributed by atoms with van der Waals surface area (Å²) in [5.74, 6) is 5.36. The van der Waals surface area contributed by atoms with Gasteiger partial charge >= 0.3 is 0 Å². The molecule has 0 radical (unpaired) electrons. The Morgan fingerprint density at radius 2 is 1.84 bits per heavy atom. The predicted molar refractivity (Wildman–Crippen MR) is 115 cm³/mol. The van der Waals surface area contributed by atoms with Crippen LogP contribution in [-0.2, 0) is 4.79 Å². The van der Waals surface area contributed by atoms with E-state index in [2.05, 4.69) is 18.8 Å². The molecular weight excluding hydrogens is 394 g/mol. The summed E-state index contributed by atoms with van der Waals surface area (Å²) >= 11 is 0. The van der Waals surface area contributed by atoms with Gasteiger partial charge in [-0.3, -0.25) is 4.79 Å². The van der Waals surface area contributed by atoms with E-state index in [1.54, 1.807) is 13.0 Å². The van der Waals surface area contributed by atoms with Crippen LogP contribution in [-0.4, -0.2) is 16.5 Å². The van der Waals surface area contributed by atoms with Crippen molar-refractivity contribution < 1.29 is 18.7 Å². The lowest BCUT2D eigenvalue weighted by atomic mass is 9.51. The molecule has 5 atom stereocenters. The lowest BCUT2D eigenvalue weighted by Crippen LogP contribution is -2.51. The summed E-state index contributed by atoms with van der Waals surface area (Å²) in [6.07, 6.45) is 6.85. The average molecular weight is 423 g/mol. The minimum Gasteiger partial charge on any atom is -0.377 e. The van der Waals surface area contributed by atoms with Crippen LogP contribution in [0.25, 0.3) is 0 Å². The molecular formula is C27H28F2O2. The lowest BCUT2D eigenvalue weighted by Gasteiger charge is -2.53. The van der Waals surface area contributed by atoms with Crippen molar-refractivity contribution in [1.82, 2.24) is 0 Å². The van der Waals surface area contributed by atoms with E-state index in [9.17, 15) is 18.7 Å². The number of hydrogen-bond acceptors (Lipinski definition) is 2. The largest absolute Gasteiger partial charge is 0.377 e. The van der Waals surface area contributed by atoms with Crippen molar-refractivity contribution >= 4 is 5.78 Å². The van der Waals surface area contributed by atoms with Gasteiger partial charge in [0.2, 0.25) is 0 Å². The van der Waals surface area contributed by atoms with Crippen LogP contribution in [0.5, 0.6) is 0 Å². The highest BCUT2D eigenvalue weighted by Gasteiger charge is 2.62. The van der Waals surface area contributed by atoms with Crippen LogP contribution in [0.4, 0.5) is 8.78 Å². The van der Waals surface area contributed by atoms with Crippen molar-refractivity contribution in [3.05, 3.63) is 58.2 Å². The second kappa shape index (κ2) is 7.14. The van der Waals surface area contributed by atoms with Crippen LogP contribution >= 0.6 is 0 Å². The van der Waals surface area contributed by atoms with Crippen LogP contribution in [0.15, 0.2) is 41.0 Å². The highest BCUT2D eigenvalue weighted by molar-refractivity contribution is 5.93. The van der Waals surface area contributed by atoms with Crippen molar-refractivity contribution in [2.45, 2.75) is 70.3 Å². The molecule has 162 valence electrons. The Balaban J connectivity index is 1.72. The molecule has 1 aromatic rings. The molecule has 4 aliphatic rings. The van der Waals surface area contributed by atoms with Crippen LogP contribution < -0.4 is 0 Å². The molecule has 0 aromatic heterocycles. The first-order valence-electron chi connectivity index (χ1n) is 11.3. The molecule has 0 saturated heterocycles. The molecule has 1 N–H and O–H groups in total. The summed E-state index contributed by atoms with van der Waals surface area (Å²) in [4.78, 5) is 12.1. The van der Waals surface area contributed by atoms with Crippen LogP contribution in [0.3, 0.4) is 0 Å². The van der Waals surface area contributed by atoms with E-state index >= 15 is 0 Å². The highest BCUT2D eigenvalue weighted by Crippen LogP contribution is 2.66. The monoisotopic (exact) mass is 422 g/mol. The fraction of sp³-hybridized carbons (Fsp3) is 0.519. The maximum absolute atomic E-state index is 14.2. The summed E-state index contributed by atoms with van der Waals surface area (Å²) in [5.41, 5.74) is 2.67. The van der Waals surface area contributed by atoms with Gasteiger partial charge in [-0.1, -0.05) is 18.4 Å². The van der Waals surface area contributed by atoms with Gasteiger partial charge < -0.3 is 5.11 Å². The SMILES string of the molecule is CC#C[C@]1(O)CC[C@H]2[C@@H]3CCC4=CC(=O)CCC4=C3[C@@H](c3cc(F)cc(F)c3)C[C@@]21C. The van der Waals surface area contributed by atoms with Gasteiger partial charge in [0.05, 0.1) is 0 Å². The Morgan fingerprint density at radius 1 is 1.10 bits per heavy atom. The van der Waals surface area contributed by atoms with Gasteiger partial charge in [-0.05, 0) is 92.2 Å². The number of carbonyl (C=O) groups is 1. The normalized spacial score (nSPS) is 36.7. The molecule has 1 aromatic carbocycles. The fourth-order valence-corrected chi connectivity index (χ4v) is 7.15. The molecule has 31 heavy (non-hydrogen) atoms. The van der Waals surface area contributed by atoms with Crippen molar-refractivity contribution in [3.8, 4) is 11.8 Å². The lowest BCUT2D eigenvalue weighted by molar-refractivity contribution is -0.114. The number of carbonyl (C=O) groups excluding carboxylic acids is 1. The number of benzene rings is 1. The summed E-state index contributed by atoms with van der Waals surface area (Å²) < 4.78 is 28.5. The zero-order valence-corrected chi connectivity index (χ0v) is 18.1. The minimum absolute atomic E-state index is 0.167. The second-order valence-electron chi connectivity index (χ2n) is 9.97. The first-order valence-corrected chi connectivity index (χ1v) is 11.3. The molecule has 0 bridgehead atoms. The minimum atomic E-state index is -1.09. The fourth-order valence-electron chi connectivity index (χ4n) is 7.15. The summed E-state index contributed by atoms with van der Waals surface area (Å²) in [5, 5.41) is 11.6. The molecule has 0 unspecified atom stereocenters. The number of halogens is 2. The van der Waals surface area contributed by atoms with Crippen LogP contribution in [0.2, 0.25) is 0 Å². The zero-order valence-electron chi connectivity index (χ0n) is 18.1. The number of allylic oxidation sites excluding steroid dienone is 4. The van der Waals surface area contributed by atoms with Crippen molar-refractivity contribution in [2.24, 2.45) is 17.3 Å². The van der Waals surface area contributed by atoms with Gasteiger partial charge in [-0.25, -0.2) is 8.78 Å². The van der Waals surface area contributed by atoms with Crippen LogP contribution in [0, 0.1) is 40.7 Å². The number of ketones is 1. The molecule has 4 heteroatoms. The van der Waals surface area contributed by atoms with Gasteiger partial charge in [0.1, 0.15) is 17.2 Å². The predicted octanol–water partition coefficient (Wildman–Crippen LogP) is 5.62. The van der Waals surface area contributed by atoms with Crippen molar-refractivity contribution in [3.63, 3.8) is 0 Å². The molecule has 2 fully saturated rings. The third-order valence-corrected chi connectivity index (χ3v) is 8.51. The average Bonchev–Trinajstić information content (AvgIpc) is 2.97. The van der Waals surface area contributed by atoms with Crippen LogP contribution in [0.1, 0.15) is 70.3 Å². The van der Waals surface area contributed by atoms with E-state index in [4.69, 9.17) is 0 Å². The number of rotatable bonds is 1. The van der Waals surface area contributed by atoms with Crippen molar-refractivity contribution in [1.29, 1.82) is 0 Å². The van der Waals surface area contributed by atoms with E-state index in [0.29, 0.717) is 31.2 Å². The zero-order chi connectivity index (χ0) is 22.0. The molecule has 2 nitrogen and oxygen atoms in total. The molecule has 0 spiro atoms. The van der Waals surface area contributed by atoms with Gasteiger partial charge in [0.25, 0.3) is 0 Å². The summed E-state index contributed by atoms with van der Waals surface area (Å²) in [6, 6.07) is 3.78. The number of fused-ring (bicyclic) bond motifs is 4. The Bertz CT molecular complexity index is 1070. The Hall–Kier alpha value is -2.25. The first kappa shape index (κ1) is 20.6. The summed E-state index contributed by atoms with van der Waals surface area (Å²) in [6.45, 7) is 3.87.